The highest BCUT2D eigenvalue weighted by molar-refractivity contribution is 9.10. The van der Waals surface area contributed by atoms with Crippen LogP contribution in [0.4, 0.5) is 4.39 Å². The molecule has 0 spiro atoms. The Hall–Kier alpha value is -0.880. The van der Waals surface area contributed by atoms with Gasteiger partial charge in [0, 0.05) is 16.5 Å². The minimum absolute atomic E-state index is 0.0944. The maximum atomic E-state index is 13.5. The molecule has 0 aromatic heterocycles. The number of carbonyl (C=O) groups is 2. The molecule has 0 amide bonds. The van der Waals surface area contributed by atoms with E-state index in [0.29, 0.717) is 4.47 Å². The zero-order chi connectivity index (χ0) is 11.9. The van der Waals surface area contributed by atoms with Crippen LogP contribution in [0.5, 0.6) is 0 Å². The highest BCUT2D eigenvalue weighted by Crippen LogP contribution is 2.38. The second kappa shape index (κ2) is 4.18. The molecular formula is C10H6BrFO3S. The second-order valence-electron chi connectivity index (χ2n) is 3.34. The number of carboxylic acids is 1. The molecule has 0 bridgehead atoms. The number of ketones is 1. The van der Waals surface area contributed by atoms with Crippen molar-refractivity contribution in [3.05, 3.63) is 28.0 Å². The maximum Gasteiger partial charge on any atom is 0.317 e. The lowest BCUT2D eigenvalue weighted by Crippen LogP contribution is -2.25. The van der Waals surface area contributed by atoms with Gasteiger partial charge in [0.15, 0.2) is 5.78 Å². The largest absolute Gasteiger partial charge is 0.480 e. The average molecular weight is 305 g/mol. The summed E-state index contributed by atoms with van der Waals surface area (Å²) >= 11 is 3.98. The molecule has 1 atom stereocenters. The van der Waals surface area contributed by atoms with Gasteiger partial charge in [-0.1, -0.05) is 15.9 Å². The van der Waals surface area contributed by atoms with Crippen molar-refractivity contribution in [1.82, 2.24) is 0 Å². The first kappa shape index (κ1) is 11.6. The molecule has 0 aliphatic carbocycles. The number of thioether (sulfide) groups is 1. The van der Waals surface area contributed by atoms with Gasteiger partial charge in [-0.25, -0.2) is 4.39 Å². The summed E-state index contributed by atoms with van der Waals surface area (Å²) in [6.07, 6.45) is -0.0944. The van der Waals surface area contributed by atoms with Gasteiger partial charge in [0.05, 0.1) is 4.90 Å². The van der Waals surface area contributed by atoms with E-state index < -0.39 is 17.0 Å². The standard InChI is InChI=1S/C10H6BrFO3S/c11-4-1-5-7(13)3-8(10(14)15)16-9(5)6(12)2-4/h1-2,8H,3H2,(H,14,15). The Morgan fingerprint density at radius 1 is 1.56 bits per heavy atom. The summed E-state index contributed by atoms with van der Waals surface area (Å²) in [5, 5.41) is 7.93. The lowest BCUT2D eigenvalue weighted by molar-refractivity contribution is -0.136. The monoisotopic (exact) mass is 304 g/mol. The lowest BCUT2D eigenvalue weighted by Gasteiger charge is -2.20. The van der Waals surface area contributed by atoms with Gasteiger partial charge < -0.3 is 5.11 Å². The summed E-state index contributed by atoms with van der Waals surface area (Å²) in [5.74, 6) is -1.98. The highest BCUT2D eigenvalue weighted by Gasteiger charge is 2.32. The van der Waals surface area contributed by atoms with Crippen LogP contribution in [0.3, 0.4) is 0 Å². The molecule has 1 unspecified atom stereocenters. The number of hydrogen-bond acceptors (Lipinski definition) is 3. The first-order valence-corrected chi connectivity index (χ1v) is 6.08. The average Bonchev–Trinajstić information content (AvgIpc) is 2.19. The number of carbonyl (C=O) groups excluding carboxylic acids is 1. The molecule has 0 saturated carbocycles. The van der Waals surface area contributed by atoms with Crippen molar-refractivity contribution in [2.75, 3.05) is 0 Å². The van der Waals surface area contributed by atoms with E-state index in [2.05, 4.69) is 15.9 Å². The van der Waals surface area contributed by atoms with Crippen LogP contribution in [-0.4, -0.2) is 22.1 Å². The van der Waals surface area contributed by atoms with Crippen LogP contribution >= 0.6 is 27.7 Å². The third kappa shape index (κ3) is 1.99. The van der Waals surface area contributed by atoms with E-state index in [-0.39, 0.29) is 22.7 Å². The first-order valence-electron chi connectivity index (χ1n) is 4.40. The number of benzene rings is 1. The van der Waals surface area contributed by atoms with E-state index in [9.17, 15) is 14.0 Å². The molecule has 1 aromatic carbocycles. The smallest absolute Gasteiger partial charge is 0.317 e. The quantitative estimate of drug-likeness (QED) is 0.867. The van der Waals surface area contributed by atoms with Crippen molar-refractivity contribution in [2.24, 2.45) is 0 Å². The first-order chi connectivity index (χ1) is 7.49. The minimum Gasteiger partial charge on any atom is -0.480 e. The van der Waals surface area contributed by atoms with Crippen LogP contribution in [0, 0.1) is 5.82 Å². The molecule has 0 saturated heterocycles. The number of rotatable bonds is 1. The molecule has 84 valence electrons. The summed E-state index contributed by atoms with van der Waals surface area (Å²) < 4.78 is 14.0. The minimum atomic E-state index is -1.09. The van der Waals surface area contributed by atoms with E-state index in [1.54, 1.807) is 0 Å². The number of Topliss-reactive ketones (excluding diaryl/α,β-unsaturated/α-hetero) is 1. The van der Waals surface area contributed by atoms with Gasteiger partial charge in [-0.2, -0.15) is 0 Å². The van der Waals surface area contributed by atoms with Crippen LogP contribution in [-0.2, 0) is 4.79 Å². The van der Waals surface area contributed by atoms with Crippen molar-refractivity contribution in [3.8, 4) is 0 Å². The van der Waals surface area contributed by atoms with Gasteiger partial charge in [-0.05, 0) is 12.1 Å². The maximum absolute atomic E-state index is 13.5. The van der Waals surface area contributed by atoms with Gasteiger partial charge in [-0.3, -0.25) is 9.59 Å². The van der Waals surface area contributed by atoms with E-state index in [1.165, 1.54) is 12.1 Å². The van der Waals surface area contributed by atoms with Crippen LogP contribution < -0.4 is 0 Å². The molecule has 1 aliphatic rings. The Kier molecular flexibility index (Phi) is 3.03. The zero-order valence-corrected chi connectivity index (χ0v) is 10.3. The third-order valence-electron chi connectivity index (χ3n) is 2.22. The molecule has 1 aromatic rings. The molecule has 1 N–H and O–H groups in total. The number of aliphatic carboxylic acids is 1. The van der Waals surface area contributed by atoms with Crippen molar-refractivity contribution in [2.45, 2.75) is 16.6 Å². The van der Waals surface area contributed by atoms with Crippen LogP contribution in [0.15, 0.2) is 21.5 Å². The predicted molar refractivity (Wildman–Crippen MR) is 60.3 cm³/mol. The van der Waals surface area contributed by atoms with Crippen molar-refractivity contribution in [3.63, 3.8) is 0 Å². The molecule has 0 fully saturated rings. The van der Waals surface area contributed by atoms with Crippen molar-refractivity contribution < 1.29 is 19.1 Å². The fraction of sp³-hybridized carbons (Fsp3) is 0.200. The van der Waals surface area contributed by atoms with Crippen LogP contribution in [0.1, 0.15) is 16.8 Å². The predicted octanol–water partition coefficient (Wildman–Crippen LogP) is 2.72. The molecule has 0 radical (unpaired) electrons. The summed E-state index contributed by atoms with van der Waals surface area (Å²) in [6, 6.07) is 2.75. The summed E-state index contributed by atoms with van der Waals surface area (Å²) in [4.78, 5) is 22.6. The second-order valence-corrected chi connectivity index (χ2v) is 5.46. The van der Waals surface area contributed by atoms with E-state index in [1.807, 2.05) is 0 Å². The number of halogens is 2. The fourth-order valence-electron chi connectivity index (χ4n) is 1.49. The lowest BCUT2D eigenvalue weighted by atomic mass is 10.1. The SMILES string of the molecule is O=C1CC(C(=O)O)Sc2c(F)cc(Br)cc21. The Balaban J connectivity index is 2.50. The molecule has 1 heterocycles. The Bertz CT molecular complexity index is 489. The molecule has 3 nitrogen and oxygen atoms in total. The van der Waals surface area contributed by atoms with Gasteiger partial charge in [0.2, 0.25) is 0 Å². The van der Waals surface area contributed by atoms with Crippen molar-refractivity contribution in [1.29, 1.82) is 0 Å². The van der Waals surface area contributed by atoms with E-state index in [0.717, 1.165) is 11.8 Å². The Morgan fingerprint density at radius 3 is 2.88 bits per heavy atom. The molecule has 2 rings (SSSR count). The highest BCUT2D eigenvalue weighted by atomic mass is 79.9. The third-order valence-corrected chi connectivity index (χ3v) is 3.98. The van der Waals surface area contributed by atoms with Gasteiger partial charge in [0.1, 0.15) is 11.1 Å². The van der Waals surface area contributed by atoms with Gasteiger partial charge in [0.25, 0.3) is 0 Å². The Labute approximate surface area is 103 Å². The van der Waals surface area contributed by atoms with Gasteiger partial charge in [-0.15, -0.1) is 11.8 Å². The molecule has 1 aliphatic heterocycles. The number of carboxylic acid groups (broad SMARTS) is 1. The van der Waals surface area contributed by atoms with Crippen molar-refractivity contribution >= 4 is 39.4 Å². The zero-order valence-electron chi connectivity index (χ0n) is 7.87. The number of hydrogen-bond donors (Lipinski definition) is 1. The number of fused-ring (bicyclic) bond motifs is 1. The van der Waals surface area contributed by atoms with E-state index >= 15 is 0 Å². The molecular weight excluding hydrogens is 299 g/mol. The topological polar surface area (TPSA) is 54.4 Å². The van der Waals surface area contributed by atoms with Crippen LogP contribution in [0.25, 0.3) is 0 Å². The van der Waals surface area contributed by atoms with E-state index in [4.69, 9.17) is 5.11 Å². The van der Waals surface area contributed by atoms with Gasteiger partial charge >= 0.3 is 5.97 Å². The van der Waals surface area contributed by atoms with Crippen LogP contribution in [0.2, 0.25) is 0 Å². The fourth-order valence-corrected chi connectivity index (χ4v) is 3.01. The molecule has 6 heteroatoms. The molecule has 16 heavy (non-hydrogen) atoms. The Morgan fingerprint density at radius 2 is 2.25 bits per heavy atom. The summed E-state index contributed by atoms with van der Waals surface area (Å²) in [5.41, 5.74) is 0.259. The summed E-state index contributed by atoms with van der Waals surface area (Å²) in [6.45, 7) is 0. The normalized spacial score (nSPS) is 19.4. The summed E-state index contributed by atoms with van der Waals surface area (Å²) in [7, 11) is 0.